The highest BCUT2D eigenvalue weighted by Gasteiger charge is 2.34. The molecule has 5 aromatic rings. The molecule has 1 aliphatic rings. The lowest BCUT2D eigenvalue weighted by Gasteiger charge is -2.25. The number of rotatable bonds is 7. The van der Waals surface area contributed by atoms with Crippen molar-refractivity contribution in [1.82, 2.24) is 9.55 Å². The number of aromatic nitrogens is 2. The Morgan fingerprint density at radius 1 is 1.02 bits per heavy atom. The molecule has 3 aromatic carbocycles. The molecule has 1 N–H and O–H groups in total. The number of para-hydroxylation sites is 1. The summed E-state index contributed by atoms with van der Waals surface area (Å²) in [5.74, 6) is 0.511. The van der Waals surface area contributed by atoms with Crippen molar-refractivity contribution < 1.29 is 19.0 Å². The van der Waals surface area contributed by atoms with Crippen LogP contribution in [0.15, 0.2) is 93.9 Å². The summed E-state index contributed by atoms with van der Waals surface area (Å²) in [7, 11) is 3.11. The molecule has 0 saturated carbocycles. The van der Waals surface area contributed by atoms with Gasteiger partial charge in [0, 0.05) is 16.5 Å². The van der Waals surface area contributed by atoms with Gasteiger partial charge in [-0.15, -0.1) is 0 Å². The standard InChI is InChI=1S/C33H29N3O5S/c1-5-41-32(38)28-19(2)34-33-36(30(28)21-15-16-25(39-3)26(17-21)40-4)31(37)27(42-33)18-23-22-13-9-10-14-24(22)35-29(23)20-11-7-6-8-12-20/h6-18,30,35H,5H2,1-4H3/t30-/m1/s1. The van der Waals surface area contributed by atoms with E-state index in [2.05, 4.69) is 4.98 Å². The van der Waals surface area contributed by atoms with Gasteiger partial charge in [-0.2, -0.15) is 0 Å². The molecule has 0 saturated heterocycles. The summed E-state index contributed by atoms with van der Waals surface area (Å²) < 4.78 is 18.5. The molecular formula is C33H29N3O5S. The lowest BCUT2D eigenvalue weighted by molar-refractivity contribution is -0.139. The molecule has 0 radical (unpaired) electrons. The highest BCUT2D eigenvalue weighted by Crippen LogP contribution is 2.36. The fourth-order valence-electron chi connectivity index (χ4n) is 5.41. The Labute approximate surface area is 245 Å². The summed E-state index contributed by atoms with van der Waals surface area (Å²) in [5.41, 5.74) is 5.04. The van der Waals surface area contributed by atoms with Gasteiger partial charge < -0.3 is 19.2 Å². The highest BCUT2D eigenvalue weighted by atomic mass is 32.1. The number of hydrogen-bond acceptors (Lipinski definition) is 7. The van der Waals surface area contributed by atoms with Crippen LogP contribution in [0.4, 0.5) is 0 Å². The van der Waals surface area contributed by atoms with E-state index in [0.717, 1.165) is 27.7 Å². The van der Waals surface area contributed by atoms with Crippen molar-refractivity contribution >= 4 is 34.3 Å². The molecule has 1 aliphatic heterocycles. The molecule has 0 fully saturated rings. The fraction of sp³-hybridized carbons (Fsp3) is 0.182. The minimum absolute atomic E-state index is 0.196. The van der Waals surface area contributed by atoms with Gasteiger partial charge in [-0.05, 0) is 49.2 Å². The van der Waals surface area contributed by atoms with Crippen LogP contribution in [0.5, 0.6) is 11.5 Å². The summed E-state index contributed by atoms with van der Waals surface area (Å²) in [4.78, 5) is 36.3. The molecule has 3 heterocycles. The minimum Gasteiger partial charge on any atom is -0.493 e. The van der Waals surface area contributed by atoms with Crippen molar-refractivity contribution in [3.8, 4) is 22.8 Å². The fourth-order valence-corrected chi connectivity index (χ4v) is 6.44. The number of nitrogens with zero attached hydrogens (tertiary/aromatic N) is 2. The number of esters is 1. The van der Waals surface area contributed by atoms with Crippen molar-refractivity contribution in [3.05, 3.63) is 115 Å². The largest absolute Gasteiger partial charge is 0.493 e. The van der Waals surface area contributed by atoms with Crippen LogP contribution in [0, 0.1) is 0 Å². The number of thiazole rings is 1. The average molecular weight is 580 g/mol. The normalized spacial score (nSPS) is 15.0. The van der Waals surface area contributed by atoms with Crippen molar-refractivity contribution in [1.29, 1.82) is 0 Å². The summed E-state index contributed by atoms with van der Waals surface area (Å²) in [5, 5.41) is 1.00. The number of aromatic amines is 1. The first-order valence-electron chi connectivity index (χ1n) is 13.5. The zero-order valence-corrected chi connectivity index (χ0v) is 24.5. The number of methoxy groups -OCH3 is 2. The Hall–Kier alpha value is -4.89. The lowest BCUT2D eigenvalue weighted by Crippen LogP contribution is -2.40. The van der Waals surface area contributed by atoms with E-state index in [-0.39, 0.29) is 12.2 Å². The third kappa shape index (κ3) is 4.61. The smallest absolute Gasteiger partial charge is 0.338 e. The molecule has 8 nitrogen and oxygen atoms in total. The number of H-pyrrole nitrogens is 1. The maximum absolute atomic E-state index is 14.3. The number of fused-ring (bicyclic) bond motifs is 2. The highest BCUT2D eigenvalue weighted by molar-refractivity contribution is 7.07. The molecule has 0 unspecified atom stereocenters. The first kappa shape index (κ1) is 27.3. The third-order valence-corrected chi connectivity index (χ3v) is 8.31. The Morgan fingerprint density at radius 3 is 2.50 bits per heavy atom. The number of nitrogens with one attached hydrogen (secondary N) is 1. The van der Waals surface area contributed by atoms with Crippen LogP contribution in [0.25, 0.3) is 28.2 Å². The summed E-state index contributed by atoms with van der Waals surface area (Å²) >= 11 is 1.29. The zero-order valence-electron chi connectivity index (χ0n) is 23.6. The SMILES string of the molecule is CCOC(=O)C1=C(C)N=c2sc(=Cc3c(-c4ccccc4)[nH]c4ccccc34)c(=O)n2[C@@H]1c1ccc(OC)c(OC)c1. The summed E-state index contributed by atoms with van der Waals surface area (Å²) in [6.45, 7) is 3.71. The van der Waals surface area contributed by atoms with E-state index in [4.69, 9.17) is 19.2 Å². The minimum atomic E-state index is -0.765. The summed E-state index contributed by atoms with van der Waals surface area (Å²) in [6.07, 6.45) is 1.92. The van der Waals surface area contributed by atoms with Gasteiger partial charge in [0.15, 0.2) is 16.3 Å². The van der Waals surface area contributed by atoms with E-state index < -0.39 is 12.0 Å². The van der Waals surface area contributed by atoms with Gasteiger partial charge in [-0.3, -0.25) is 9.36 Å². The van der Waals surface area contributed by atoms with Gasteiger partial charge in [0.2, 0.25) is 0 Å². The van der Waals surface area contributed by atoms with Crippen molar-refractivity contribution in [3.63, 3.8) is 0 Å². The second-order valence-corrected chi connectivity index (χ2v) is 10.8. The van der Waals surface area contributed by atoms with E-state index in [1.165, 1.54) is 11.3 Å². The maximum Gasteiger partial charge on any atom is 0.338 e. The van der Waals surface area contributed by atoms with E-state index in [1.54, 1.807) is 44.8 Å². The molecule has 0 amide bonds. The Balaban J connectivity index is 1.61. The number of ether oxygens (including phenoxy) is 3. The monoisotopic (exact) mass is 579 g/mol. The van der Waals surface area contributed by atoms with Gasteiger partial charge in [-0.1, -0.05) is 65.9 Å². The Morgan fingerprint density at radius 2 is 1.76 bits per heavy atom. The zero-order chi connectivity index (χ0) is 29.4. The van der Waals surface area contributed by atoms with Crippen LogP contribution in [-0.2, 0) is 9.53 Å². The Kier molecular flexibility index (Phi) is 7.26. The summed E-state index contributed by atoms with van der Waals surface area (Å²) in [6, 6.07) is 22.7. The molecule has 2 aromatic heterocycles. The molecule has 212 valence electrons. The van der Waals surface area contributed by atoms with Crippen LogP contribution in [0.3, 0.4) is 0 Å². The third-order valence-electron chi connectivity index (χ3n) is 7.32. The first-order valence-corrected chi connectivity index (χ1v) is 14.3. The molecule has 0 spiro atoms. The Bertz CT molecular complexity index is 2040. The van der Waals surface area contributed by atoms with Crippen LogP contribution < -0.4 is 24.4 Å². The maximum atomic E-state index is 14.3. The molecule has 1 atom stereocenters. The van der Waals surface area contributed by atoms with E-state index in [0.29, 0.717) is 37.7 Å². The van der Waals surface area contributed by atoms with Crippen molar-refractivity contribution in [2.24, 2.45) is 4.99 Å². The van der Waals surface area contributed by atoms with Crippen molar-refractivity contribution in [2.75, 3.05) is 20.8 Å². The van der Waals surface area contributed by atoms with E-state index >= 15 is 0 Å². The second-order valence-electron chi connectivity index (χ2n) is 9.74. The van der Waals surface area contributed by atoms with Gasteiger partial charge in [-0.25, -0.2) is 9.79 Å². The van der Waals surface area contributed by atoms with Crippen LogP contribution in [-0.4, -0.2) is 36.3 Å². The molecule has 0 aliphatic carbocycles. The first-order chi connectivity index (χ1) is 20.4. The van der Waals surface area contributed by atoms with Gasteiger partial charge in [0.25, 0.3) is 5.56 Å². The predicted molar refractivity (Wildman–Crippen MR) is 164 cm³/mol. The number of benzene rings is 3. The van der Waals surface area contributed by atoms with Crippen LogP contribution >= 0.6 is 11.3 Å². The molecular weight excluding hydrogens is 550 g/mol. The van der Waals surface area contributed by atoms with Crippen LogP contribution in [0.1, 0.15) is 31.0 Å². The quantitative estimate of drug-likeness (QED) is 0.275. The number of allylic oxidation sites excluding steroid dienone is 1. The molecule has 6 rings (SSSR count). The lowest BCUT2D eigenvalue weighted by atomic mass is 9.95. The van der Waals surface area contributed by atoms with Gasteiger partial charge in [0.1, 0.15) is 0 Å². The molecule has 42 heavy (non-hydrogen) atoms. The number of carbonyl (C=O) groups excluding carboxylic acids is 1. The predicted octanol–water partition coefficient (Wildman–Crippen LogP) is 4.96. The number of hydrogen-bond donors (Lipinski definition) is 1. The van der Waals surface area contributed by atoms with E-state index in [9.17, 15) is 9.59 Å². The second kappa shape index (κ2) is 11.2. The molecule has 9 heteroatoms. The number of carbonyl (C=O) groups is 1. The van der Waals surface area contributed by atoms with Gasteiger partial charge >= 0.3 is 5.97 Å². The average Bonchev–Trinajstić information content (AvgIpc) is 3.53. The topological polar surface area (TPSA) is 94.9 Å². The van der Waals surface area contributed by atoms with Gasteiger partial charge in [0.05, 0.1) is 48.4 Å². The van der Waals surface area contributed by atoms with Crippen molar-refractivity contribution in [2.45, 2.75) is 19.9 Å². The van der Waals surface area contributed by atoms with E-state index in [1.807, 2.05) is 66.7 Å². The van der Waals surface area contributed by atoms with Crippen LogP contribution in [0.2, 0.25) is 0 Å². The molecule has 0 bridgehead atoms.